The summed E-state index contributed by atoms with van der Waals surface area (Å²) in [5.41, 5.74) is 2.06. The van der Waals surface area contributed by atoms with Crippen molar-refractivity contribution in [3.63, 3.8) is 0 Å². The fourth-order valence-electron chi connectivity index (χ4n) is 5.31. The van der Waals surface area contributed by atoms with Gasteiger partial charge in [0.2, 0.25) is 11.8 Å². The van der Waals surface area contributed by atoms with E-state index < -0.39 is 29.7 Å². The first-order chi connectivity index (χ1) is 19.4. The molecule has 5 amide bonds. The summed E-state index contributed by atoms with van der Waals surface area (Å²) in [5, 5.41) is 5.50. The Morgan fingerprint density at radius 1 is 0.925 bits per heavy atom. The molecule has 0 spiro atoms. The molecule has 40 heavy (non-hydrogen) atoms. The molecule has 2 aromatic carbocycles. The van der Waals surface area contributed by atoms with Crippen LogP contribution in [-0.2, 0) is 20.9 Å². The first-order valence-corrected chi connectivity index (χ1v) is 13.7. The van der Waals surface area contributed by atoms with Gasteiger partial charge in [-0.05, 0) is 43.5 Å². The van der Waals surface area contributed by atoms with Crippen molar-refractivity contribution in [2.45, 2.75) is 38.3 Å². The Morgan fingerprint density at radius 3 is 2.45 bits per heavy atom. The molecule has 2 fully saturated rings. The minimum Gasteiger partial charge on any atom is -0.445 e. The standard InChI is InChI=1S/C29H33N5O6/c35-24-12-11-23(26(36)31-24)34-27(37)21-9-6-10-22(25(21)28(34)38)30-13-4-5-14-32-15-17-33(18-16-32)29(39)40-19-20-7-2-1-3-8-20/h1-3,6-10,23,30H,4-5,11-19H2,(H,31,35,36). The van der Waals surface area contributed by atoms with Gasteiger partial charge in [0.05, 0.1) is 11.1 Å². The van der Waals surface area contributed by atoms with Crippen LogP contribution in [0.15, 0.2) is 48.5 Å². The molecule has 2 aromatic rings. The predicted octanol–water partition coefficient (Wildman–Crippen LogP) is 2.23. The molecular formula is C29H33N5O6. The molecule has 0 saturated carbocycles. The number of carbonyl (C=O) groups excluding carboxylic acids is 5. The lowest BCUT2D eigenvalue weighted by Crippen LogP contribution is -2.54. The van der Waals surface area contributed by atoms with Crippen molar-refractivity contribution in [2.24, 2.45) is 0 Å². The number of imide groups is 2. The number of ether oxygens (including phenoxy) is 1. The SMILES string of the molecule is O=C1CCC(N2C(=O)c3cccc(NCCCCN4CCN(C(=O)OCc5ccccc5)CC4)c3C2=O)C(=O)N1. The predicted molar refractivity (Wildman–Crippen MR) is 145 cm³/mol. The number of carbonyl (C=O) groups is 5. The molecule has 0 bridgehead atoms. The molecule has 2 saturated heterocycles. The van der Waals surface area contributed by atoms with E-state index in [0.29, 0.717) is 25.3 Å². The van der Waals surface area contributed by atoms with Crippen LogP contribution >= 0.6 is 0 Å². The highest BCUT2D eigenvalue weighted by Crippen LogP contribution is 2.32. The van der Waals surface area contributed by atoms with Gasteiger partial charge in [-0.25, -0.2) is 4.79 Å². The molecule has 0 aromatic heterocycles. The molecule has 3 heterocycles. The van der Waals surface area contributed by atoms with E-state index in [9.17, 15) is 24.0 Å². The number of nitrogens with one attached hydrogen (secondary N) is 2. The van der Waals surface area contributed by atoms with Crippen molar-refractivity contribution in [2.75, 3.05) is 44.6 Å². The number of amides is 5. The maximum atomic E-state index is 13.2. The second-order valence-electron chi connectivity index (χ2n) is 10.2. The number of rotatable bonds is 9. The molecule has 0 radical (unpaired) electrons. The quantitative estimate of drug-likeness (QED) is 0.361. The van der Waals surface area contributed by atoms with Crippen LogP contribution in [0.25, 0.3) is 0 Å². The molecule has 11 heteroatoms. The molecule has 5 rings (SSSR count). The van der Waals surface area contributed by atoms with Gasteiger partial charge in [-0.15, -0.1) is 0 Å². The molecule has 3 aliphatic heterocycles. The van der Waals surface area contributed by atoms with Crippen molar-refractivity contribution in [3.05, 3.63) is 65.2 Å². The van der Waals surface area contributed by atoms with E-state index in [4.69, 9.17) is 4.74 Å². The Hall–Kier alpha value is -4.25. The highest BCUT2D eigenvalue weighted by Gasteiger charge is 2.45. The minimum atomic E-state index is -0.982. The third-order valence-electron chi connectivity index (χ3n) is 7.52. The number of anilines is 1. The van der Waals surface area contributed by atoms with Crippen LogP contribution in [-0.4, -0.2) is 89.7 Å². The lowest BCUT2D eigenvalue weighted by molar-refractivity contribution is -0.136. The number of benzene rings is 2. The summed E-state index contributed by atoms with van der Waals surface area (Å²) < 4.78 is 5.43. The average Bonchev–Trinajstić information content (AvgIpc) is 3.22. The summed E-state index contributed by atoms with van der Waals surface area (Å²) >= 11 is 0. The number of hydrogen-bond acceptors (Lipinski definition) is 8. The third kappa shape index (κ3) is 5.99. The second-order valence-corrected chi connectivity index (χ2v) is 10.2. The summed E-state index contributed by atoms with van der Waals surface area (Å²) in [6.45, 7) is 4.60. The molecule has 2 N–H and O–H groups in total. The minimum absolute atomic E-state index is 0.0856. The Morgan fingerprint density at radius 2 is 1.70 bits per heavy atom. The monoisotopic (exact) mass is 547 g/mol. The topological polar surface area (TPSA) is 128 Å². The van der Waals surface area contributed by atoms with Gasteiger partial charge in [0.25, 0.3) is 11.8 Å². The number of nitrogens with zero attached hydrogens (tertiary/aromatic N) is 3. The first kappa shape index (κ1) is 27.3. The van der Waals surface area contributed by atoms with Crippen molar-refractivity contribution >= 4 is 35.4 Å². The largest absolute Gasteiger partial charge is 0.445 e. The van der Waals surface area contributed by atoms with E-state index in [-0.39, 0.29) is 36.7 Å². The van der Waals surface area contributed by atoms with Gasteiger partial charge in [0.15, 0.2) is 0 Å². The van der Waals surface area contributed by atoms with Crippen molar-refractivity contribution in [3.8, 4) is 0 Å². The number of piperazine rings is 1. The summed E-state index contributed by atoms with van der Waals surface area (Å²) in [5.74, 6) is -2.05. The number of hydrogen-bond donors (Lipinski definition) is 2. The van der Waals surface area contributed by atoms with Gasteiger partial charge in [0.1, 0.15) is 12.6 Å². The van der Waals surface area contributed by atoms with E-state index in [0.717, 1.165) is 42.9 Å². The molecule has 210 valence electrons. The van der Waals surface area contributed by atoms with Crippen LogP contribution in [0.1, 0.15) is 52.0 Å². The lowest BCUT2D eigenvalue weighted by Gasteiger charge is -2.34. The van der Waals surface area contributed by atoms with Gasteiger partial charge >= 0.3 is 6.09 Å². The zero-order valence-electron chi connectivity index (χ0n) is 22.3. The highest BCUT2D eigenvalue weighted by atomic mass is 16.6. The van der Waals surface area contributed by atoms with Crippen molar-refractivity contribution in [1.29, 1.82) is 0 Å². The number of piperidine rings is 1. The molecule has 11 nitrogen and oxygen atoms in total. The fourth-order valence-corrected chi connectivity index (χ4v) is 5.31. The first-order valence-electron chi connectivity index (χ1n) is 13.7. The molecule has 0 aliphatic carbocycles. The maximum Gasteiger partial charge on any atom is 0.410 e. The van der Waals surface area contributed by atoms with Gasteiger partial charge in [-0.1, -0.05) is 36.4 Å². The van der Waals surface area contributed by atoms with Gasteiger partial charge in [-0.3, -0.25) is 34.3 Å². The Labute approximate surface area is 232 Å². The van der Waals surface area contributed by atoms with Gasteiger partial charge in [-0.2, -0.15) is 0 Å². The fraction of sp³-hybridized carbons (Fsp3) is 0.414. The summed E-state index contributed by atoms with van der Waals surface area (Å²) in [4.78, 5) is 67.4. The van der Waals surface area contributed by atoms with Gasteiger partial charge in [0, 0.05) is 44.8 Å². The van der Waals surface area contributed by atoms with Crippen LogP contribution in [0.2, 0.25) is 0 Å². The van der Waals surface area contributed by atoms with E-state index in [2.05, 4.69) is 15.5 Å². The van der Waals surface area contributed by atoms with Crippen molar-refractivity contribution < 1.29 is 28.7 Å². The number of fused-ring (bicyclic) bond motifs is 1. The second kappa shape index (κ2) is 12.3. The van der Waals surface area contributed by atoms with Crippen LogP contribution in [0, 0.1) is 0 Å². The van der Waals surface area contributed by atoms with Gasteiger partial charge < -0.3 is 15.0 Å². The summed E-state index contributed by atoms with van der Waals surface area (Å²) in [7, 11) is 0. The zero-order valence-corrected chi connectivity index (χ0v) is 22.3. The Balaban J connectivity index is 1.04. The van der Waals surface area contributed by atoms with Crippen LogP contribution in [0.5, 0.6) is 0 Å². The normalized spacial score (nSPS) is 19.4. The lowest BCUT2D eigenvalue weighted by atomic mass is 10.0. The van der Waals surface area contributed by atoms with Crippen molar-refractivity contribution in [1.82, 2.24) is 20.0 Å². The Bertz CT molecular complexity index is 1290. The zero-order chi connectivity index (χ0) is 28.1. The summed E-state index contributed by atoms with van der Waals surface area (Å²) in [6, 6.07) is 13.7. The third-order valence-corrected chi connectivity index (χ3v) is 7.52. The molecule has 1 atom stereocenters. The average molecular weight is 548 g/mol. The number of unbranched alkanes of at least 4 members (excludes halogenated alkanes) is 1. The van der Waals surface area contributed by atoms with E-state index in [1.807, 2.05) is 30.3 Å². The van der Waals surface area contributed by atoms with E-state index >= 15 is 0 Å². The smallest absolute Gasteiger partial charge is 0.410 e. The molecular weight excluding hydrogens is 514 g/mol. The van der Waals surface area contributed by atoms with Crippen LogP contribution in [0.4, 0.5) is 10.5 Å². The molecule has 3 aliphatic rings. The van der Waals surface area contributed by atoms with E-state index in [1.165, 1.54) is 0 Å². The summed E-state index contributed by atoms with van der Waals surface area (Å²) in [6.07, 6.45) is 1.70. The Kier molecular flexibility index (Phi) is 8.40. The van der Waals surface area contributed by atoms with Crippen LogP contribution < -0.4 is 10.6 Å². The van der Waals surface area contributed by atoms with Crippen LogP contribution in [0.3, 0.4) is 0 Å². The highest BCUT2D eigenvalue weighted by molar-refractivity contribution is 6.25. The van der Waals surface area contributed by atoms with E-state index in [1.54, 1.807) is 23.1 Å². The maximum absolute atomic E-state index is 13.2. The molecule has 1 unspecified atom stereocenters.